The highest BCUT2D eigenvalue weighted by molar-refractivity contribution is 6.00. The van der Waals surface area contributed by atoms with Crippen molar-refractivity contribution >= 4 is 28.5 Å². The maximum Gasteiger partial charge on any atom is 0.336 e. The van der Waals surface area contributed by atoms with Crippen molar-refractivity contribution in [3.8, 4) is 0 Å². The van der Waals surface area contributed by atoms with Gasteiger partial charge in [0.1, 0.15) is 11.6 Å². The molecule has 0 radical (unpaired) electrons. The van der Waals surface area contributed by atoms with Crippen molar-refractivity contribution in [3.63, 3.8) is 0 Å². The van der Waals surface area contributed by atoms with Gasteiger partial charge in [0.15, 0.2) is 0 Å². The normalized spacial score (nSPS) is 19.9. The maximum absolute atomic E-state index is 13.0. The van der Waals surface area contributed by atoms with E-state index in [1.54, 1.807) is 11.0 Å². The number of piperidine rings is 1. The predicted octanol–water partition coefficient (Wildman–Crippen LogP) is 3.14. The number of amides is 2. The summed E-state index contributed by atoms with van der Waals surface area (Å²) >= 11 is 0. The summed E-state index contributed by atoms with van der Waals surface area (Å²) in [5, 5.41) is 3.80. The summed E-state index contributed by atoms with van der Waals surface area (Å²) in [5.41, 5.74) is 2.44. The lowest BCUT2D eigenvalue weighted by atomic mass is 10.00. The summed E-state index contributed by atoms with van der Waals surface area (Å²) in [6.45, 7) is 4.37. The molecule has 1 aromatic carbocycles. The number of benzene rings is 1. The van der Waals surface area contributed by atoms with E-state index in [1.807, 2.05) is 19.9 Å². The molecule has 1 saturated carbocycles. The van der Waals surface area contributed by atoms with Crippen LogP contribution in [0.15, 0.2) is 27.4 Å². The molecule has 2 amide bonds. The molecule has 1 unspecified atom stereocenters. The second kappa shape index (κ2) is 6.83. The molecule has 1 aromatic heterocycles. The number of carbonyl (C=O) groups excluding carboxylic acids is 2. The summed E-state index contributed by atoms with van der Waals surface area (Å²) in [6, 6.07) is 4.65. The van der Waals surface area contributed by atoms with E-state index in [2.05, 4.69) is 5.32 Å². The number of nitrogens with one attached hydrogen (secondary N) is 1. The van der Waals surface area contributed by atoms with E-state index in [9.17, 15) is 14.4 Å². The minimum atomic E-state index is -0.406. The molecule has 0 spiro atoms. The number of fused-ring (bicyclic) bond motifs is 1. The molecule has 2 fully saturated rings. The van der Waals surface area contributed by atoms with Gasteiger partial charge in [-0.25, -0.2) is 4.79 Å². The van der Waals surface area contributed by atoms with Crippen molar-refractivity contribution in [1.82, 2.24) is 4.90 Å². The molecule has 1 aliphatic carbocycles. The molecular weight excluding hydrogens is 344 g/mol. The van der Waals surface area contributed by atoms with Crippen LogP contribution < -0.4 is 10.9 Å². The van der Waals surface area contributed by atoms with Crippen molar-refractivity contribution in [2.75, 3.05) is 11.9 Å². The van der Waals surface area contributed by atoms with Gasteiger partial charge in [0.2, 0.25) is 11.8 Å². The first-order valence-electron chi connectivity index (χ1n) is 9.60. The van der Waals surface area contributed by atoms with Crippen molar-refractivity contribution in [1.29, 1.82) is 0 Å². The molecule has 2 heterocycles. The van der Waals surface area contributed by atoms with Gasteiger partial charge in [0, 0.05) is 29.6 Å². The monoisotopic (exact) mass is 368 g/mol. The van der Waals surface area contributed by atoms with Gasteiger partial charge < -0.3 is 14.6 Å². The Balaban J connectivity index is 1.60. The van der Waals surface area contributed by atoms with Crippen molar-refractivity contribution < 1.29 is 14.0 Å². The lowest BCUT2D eigenvalue weighted by Crippen LogP contribution is -2.50. The van der Waals surface area contributed by atoms with Crippen LogP contribution in [0.25, 0.3) is 11.0 Å². The minimum absolute atomic E-state index is 0.117. The standard InChI is InChI=1S/C21H24N2O4/c1-12-10-19(24)27-18-9-13(2)16(11-15(12)18)22-20(25)17-5-3-4-8-23(17)21(26)14-6-7-14/h9-11,14,17H,3-8H2,1-2H3,(H,22,25). The Morgan fingerprint density at radius 3 is 2.59 bits per heavy atom. The summed E-state index contributed by atoms with van der Waals surface area (Å²) < 4.78 is 5.26. The molecule has 6 heteroatoms. The van der Waals surface area contributed by atoms with E-state index in [0.29, 0.717) is 24.2 Å². The molecule has 0 bridgehead atoms. The Hall–Kier alpha value is -2.63. The Morgan fingerprint density at radius 1 is 1.07 bits per heavy atom. The van der Waals surface area contributed by atoms with Gasteiger partial charge in [-0.2, -0.15) is 0 Å². The lowest BCUT2D eigenvalue weighted by molar-refractivity contribution is -0.141. The van der Waals surface area contributed by atoms with Gasteiger partial charge in [-0.15, -0.1) is 0 Å². The number of hydrogen-bond acceptors (Lipinski definition) is 4. The van der Waals surface area contributed by atoms with E-state index < -0.39 is 6.04 Å². The smallest absolute Gasteiger partial charge is 0.336 e. The van der Waals surface area contributed by atoms with Crippen LogP contribution in [0.2, 0.25) is 0 Å². The fourth-order valence-electron chi connectivity index (χ4n) is 3.85. The number of likely N-dealkylation sites (tertiary alicyclic amines) is 1. The quantitative estimate of drug-likeness (QED) is 0.844. The third-order valence-electron chi connectivity index (χ3n) is 5.57. The van der Waals surface area contributed by atoms with Crippen molar-refractivity contribution in [2.45, 2.75) is 52.0 Å². The number of aryl methyl sites for hydroxylation is 2. The van der Waals surface area contributed by atoms with Crippen LogP contribution in [0.4, 0.5) is 5.69 Å². The number of rotatable bonds is 3. The van der Waals surface area contributed by atoms with Gasteiger partial charge in [-0.3, -0.25) is 9.59 Å². The molecule has 2 aliphatic rings. The molecule has 1 saturated heterocycles. The molecule has 4 rings (SSSR count). The highest BCUT2D eigenvalue weighted by Gasteiger charge is 2.39. The van der Waals surface area contributed by atoms with Gasteiger partial charge in [-0.05, 0) is 69.2 Å². The van der Waals surface area contributed by atoms with Crippen LogP contribution in [0.3, 0.4) is 0 Å². The van der Waals surface area contributed by atoms with Crippen LogP contribution in [-0.4, -0.2) is 29.3 Å². The second-order valence-corrected chi connectivity index (χ2v) is 7.72. The molecule has 6 nitrogen and oxygen atoms in total. The first-order chi connectivity index (χ1) is 12.9. The largest absolute Gasteiger partial charge is 0.423 e. The number of hydrogen-bond donors (Lipinski definition) is 1. The predicted molar refractivity (Wildman–Crippen MR) is 103 cm³/mol. The van der Waals surface area contributed by atoms with Crippen molar-refractivity contribution in [3.05, 3.63) is 39.7 Å². The average molecular weight is 368 g/mol. The second-order valence-electron chi connectivity index (χ2n) is 7.72. The average Bonchev–Trinajstić information content (AvgIpc) is 3.47. The van der Waals surface area contributed by atoms with Crippen LogP contribution in [0, 0.1) is 19.8 Å². The van der Waals surface area contributed by atoms with Gasteiger partial charge in [0.05, 0.1) is 0 Å². The maximum atomic E-state index is 13.0. The van der Waals surface area contributed by atoms with E-state index in [-0.39, 0.29) is 23.4 Å². The molecule has 142 valence electrons. The lowest BCUT2D eigenvalue weighted by Gasteiger charge is -2.35. The molecule has 1 aliphatic heterocycles. The molecule has 1 N–H and O–H groups in total. The topological polar surface area (TPSA) is 79.6 Å². The molecule has 1 atom stereocenters. The van der Waals surface area contributed by atoms with Gasteiger partial charge >= 0.3 is 5.63 Å². The van der Waals surface area contributed by atoms with Gasteiger partial charge in [-0.1, -0.05) is 0 Å². The zero-order valence-corrected chi connectivity index (χ0v) is 15.7. The van der Waals surface area contributed by atoms with Gasteiger partial charge in [0.25, 0.3) is 0 Å². The molecular formula is C21H24N2O4. The number of carbonyl (C=O) groups is 2. The Labute approximate surface area is 157 Å². The third kappa shape index (κ3) is 3.48. The van der Waals surface area contributed by atoms with Crippen LogP contribution in [-0.2, 0) is 9.59 Å². The van der Waals surface area contributed by atoms with Crippen LogP contribution in [0.5, 0.6) is 0 Å². The number of anilines is 1. The third-order valence-corrected chi connectivity index (χ3v) is 5.57. The first-order valence-corrected chi connectivity index (χ1v) is 9.60. The van der Waals surface area contributed by atoms with Crippen LogP contribution in [0.1, 0.15) is 43.2 Å². The first kappa shape index (κ1) is 17.8. The van der Waals surface area contributed by atoms with E-state index >= 15 is 0 Å². The Morgan fingerprint density at radius 2 is 1.85 bits per heavy atom. The van der Waals surface area contributed by atoms with Crippen molar-refractivity contribution in [2.24, 2.45) is 5.92 Å². The summed E-state index contributed by atoms with van der Waals surface area (Å²) in [6.07, 6.45) is 4.49. The summed E-state index contributed by atoms with van der Waals surface area (Å²) in [5.74, 6) is 0.107. The fourth-order valence-corrected chi connectivity index (χ4v) is 3.85. The SMILES string of the molecule is Cc1cc2oc(=O)cc(C)c2cc1NC(=O)C1CCCCN1C(=O)C1CC1. The number of nitrogens with zero attached hydrogens (tertiary/aromatic N) is 1. The van der Waals surface area contributed by atoms with E-state index in [1.165, 1.54) is 6.07 Å². The zero-order valence-electron chi connectivity index (χ0n) is 15.7. The highest BCUT2D eigenvalue weighted by Crippen LogP contribution is 2.34. The van der Waals surface area contributed by atoms with E-state index in [0.717, 1.165) is 42.2 Å². The summed E-state index contributed by atoms with van der Waals surface area (Å²) in [7, 11) is 0. The molecule has 27 heavy (non-hydrogen) atoms. The van der Waals surface area contributed by atoms with E-state index in [4.69, 9.17) is 4.42 Å². The highest BCUT2D eigenvalue weighted by atomic mass is 16.4. The van der Waals surface area contributed by atoms with Crippen LogP contribution >= 0.6 is 0 Å². The molecule has 2 aromatic rings. The Kier molecular flexibility index (Phi) is 4.50. The zero-order chi connectivity index (χ0) is 19.1. The fraction of sp³-hybridized carbons (Fsp3) is 0.476. The minimum Gasteiger partial charge on any atom is -0.423 e. The summed E-state index contributed by atoms with van der Waals surface area (Å²) in [4.78, 5) is 38.9. The Bertz CT molecular complexity index is 974.